The molecule has 0 saturated heterocycles. The molecule has 0 fully saturated rings. The van der Waals surface area contributed by atoms with Gasteiger partial charge in [-0.25, -0.2) is 0 Å². The maximum atomic E-state index is 6.63. The Morgan fingerprint density at radius 3 is 2.55 bits per heavy atom. The summed E-state index contributed by atoms with van der Waals surface area (Å²) in [5, 5.41) is 23.0. The summed E-state index contributed by atoms with van der Waals surface area (Å²) < 4.78 is 0. The Morgan fingerprint density at radius 2 is 1.79 bits per heavy atom. The first-order valence-corrected chi connectivity index (χ1v) is 11.0. The van der Waals surface area contributed by atoms with Crippen molar-refractivity contribution in [1.29, 1.82) is 0 Å². The number of tetrazole rings is 1. The predicted octanol–water partition coefficient (Wildman–Crippen LogP) is 6.27. The fraction of sp³-hybridized carbons (Fsp3) is 0.0769. The van der Waals surface area contributed by atoms with Crippen molar-refractivity contribution < 1.29 is 0 Å². The minimum Gasteiger partial charge on any atom is -0.278 e. The highest BCUT2D eigenvalue weighted by Gasteiger charge is 2.15. The molecular weight excluding hydrogens is 432 g/mol. The summed E-state index contributed by atoms with van der Waals surface area (Å²) >= 11 is 6.63. The van der Waals surface area contributed by atoms with Crippen molar-refractivity contribution in [3.63, 3.8) is 0 Å². The first-order valence-electron chi connectivity index (χ1n) is 10.7. The molecule has 5 rings (SSSR count). The average molecular weight is 453 g/mol. The van der Waals surface area contributed by atoms with Crippen molar-refractivity contribution in [2.75, 3.05) is 0 Å². The predicted molar refractivity (Wildman–Crippen MR) is 133 cm³/mol. The summed E-state index contributed by atoms with van der Waals surface area (Å²) in [6.45, 7) is 2.16. The number of halogens is 1. The highest BCUT2D eigenvalue weighted by atomic mass is 35.5. The molecular formula is C26H21ClN6. The number of H-pyrrole nitrogens is 2. The average Bonchev–Trinajstić information content (AvgIpc) is 3.54. The van der Waals surface area contributed by atoms with Crippen molar-refractivity contribution in [3.8, 4) is 0 Å². The SMILES string of the molecule is CC/C(=C(/c1ccc(/C=C/c2nn[nH]n2)cc1)c1ccc2[nH]ncc2c1)c1ccccc1Cl. The molecule has 162 valence electrons. The quantitative estimate of drug-likeness (QED) is 0.297. The van der Waals surface area contributed by atoms with Gasteiger partial charge in [0.05, 0.1) is 11.7 Å². The Bertz CT molecular complexity index is 1450. The molecule has 0 amide bonds. The van der Waals surface area contributed by atoms with E-state index in [9.17, 15) is 0 Å². The number of benzene rings is 3. The number of allylic oxidation sites excluding steroid dienone is 1. The van der Waals surface area contributed by atoms with E-state index in [1.54, 1.807) is 0 Å². The zero-order valence-electron chi connectivity index (χ0n) is 18.0. The molecule has 5 aromatic rings. The van der Waals surface area contributed by atoms with Gasteiger partial charge in [0.15, 0.2) is 5.82 Å². The monoisotopic (exact) mass is 452 g/mol. The Morgan fingerprint density at radius 1 is 0.970 bits per heavy atom. The second-order valence-corrected chi connectivity index (χ2v) is 7.99. The molecule has 0 aliphatic carbocycles. The lowest BCUT2D eigenvalue weighted by molar-refractivity contribution is 0.881. The molecule has 2 heterocycles. The number of nitrogens with zero attached hydrogens (tertiary/aromatic N) is 4. The van der Waals surface area contributed by atoms with Gasteiger partial charge in [0.25, 0.3) is 0 Å². The summed E-state index contributed by atoms with van der Waals surface area (Å²) in [4.78, 5) is 0. The van der Waals surface area contributed by atoms with Gasteiger partial charge in [0, 0.05) is 10.4 Å². The topological polar surface area (TPSA) is 83.1 Å². The molecule has 0 bridgehead atoms. The molecule has 6 nitrogen and oxygen atoms in total. The first kappa shape index (κ1) is 20.8. The maximum absolute atomic E-state index is 6.63. The van der Waals surface area contributed by atoms with E-state index in [1.165, 1.54) is 5.57 Å². The summed E-state index contributed by atoms with van der Waals surface area (Å²) in [7, 11) is 0. The third-order valence-corrected chi connectivity index (χ3v) is 5.90. The van der Waals surface area contributed by atoms with Crippen molar-refractivity contribution in [3.05, 3.63) is 106 Å². The standard InChI is InChI=1S/C26H21ClN6/c1-2-21(22-5-3-4-6-23(22)27)26(19-12-13-24-20(15-19)16-28-29-24)18-10-7-17(8-11-18)9-14-25-30-32-33-31-25/h3-16H,2H2,1H3,(H,28,29)(H,30,31,32,33)/b14-9+,26-21+. The fourth-order valence-corrected chi connectivity index (χ4v) is 4.24. The minimum absolute atomic E-state index is 0.542. The van der Waals surface area contributed by atoms with E-state index in [1.807, 2.05) is 36.5 Å². The van der Waals surface area contributed by atoms with Gasteiger partial charge in [-0.3, -0.25) is 5.10 Å². The third kappa shape index (κ3) is 4.33. The molecule has 0 radical (unpaired) electrons. The number of aromatic nitrogens is 6. The van der Waals surface area contributed by atoms with Crippen LogP contribution in [0.2, 0.25) is 5.02 Å². The number of fused-ring (bicyclic) bond motifs is 1. The van der Waals surface area contributed by atoms with Crippen LogP contribution >= 0.6 is 11.6 Å². The van der Waals surface area contributed by atoms with E-state index in [2.05, 4.69) is 86.3 Å². The van der Waals surface area contributed by atoms with Gasteiger partial charge in [-0.15, -0.1) is 10.2 Å². The Hall–Kier alpha value is -4.03. The van der Waals surface area contributed by atoms with Gasteiger partial charge in [0.1, 0.15) is 0 Å². The molecule has 3 aromatic carbocycles. The maximum Gasteiger partial charge on any atom is 0.197 e. The smallest absolute Gasteiger partial charge is 0.197 e. The third-order valence-electron chi connectivity index (χ3n) is 5.57. The Kier molecular flexibility index (Phi) is 5.83. The van der Waals surface area contributed by atoms with Gasteiger partial charge in [-0.2, -0.15) is 10.3 Å². The fourth-order valence-electron chi connectivity index (χ4n) is 3.99. The number of hydrogen-bond donors (Lipinski definition) is 2. The normalized spacial score (nSPS) is 12.4. The first-order chi connectivity index (χ1) is 16.2. The van der Waals surface area contributed by atoms with E-state index in [0.29, 0.717) is 5.82 Å². The highest BCUT2D eigenvalue weighted by Crippen LogP contribution is 2.37. The van der Waals surface area contributed by atoms with E-state index in [-0.39, 0.29) is 0 Å². The van der Waals surface area contributed by atoms with E-state index in [0.717, 1.165) is 50.2 Å². The molecule has 7 heteroatoms. The summed E-state index contributed by atoms with van der Waals surface area (Å²) in [5.41, 5.74) is 7.69. The molecule has 0 aliphatic rings. The summed E-state index contributed by atoms with van der Waals surface area (Å²) in [6, 6.07) is 22.8. The van der Waals surface area contributed by atoms with Crippen LogP contribution in [0.3, 0.4) is 0 Å². The van der Waals surface area contributed by atoms with Crippen LogP contribution in [0.15, 0.2) is 72.9 Å². The zero-order chi connectivity index (χ0) is 22.6. The van der Waals surface area contributed by atoms with Crippen LogP contribution in [0.25, 0.3) is 34.2 Å². The van der Waals surface area contributed by atoms with Gasteiger partial charge >= 0.3 is 0 Å². The van der Waals surface area contributed by atoms with Crippen LogP contribution in [0.5, 0.6) is 0 Å². The molecule has 0 unspecified atom stereocenters. The van der Waals surface area contributed by atoms with E-state index < -0.39 is 0 Å². The molecule has 2 aromatic heterocycles. The minimum atomic E-state index is 0.542. The number of hydrogen-bond acceptors (Lipinski definition) is 4. The largest absolute Gasteiger partial charge is 0.278 e. The Labute approximate surface area is 196 Å². The van der Waals surface area contributed by atoms with Gasteiger partial charge in [-0.1, -0.05) is 73.1 Å². The second-order valence-electron chi connectivity index (χ2n) is 7.58. The highest BCUT2D eigenvalue weighted by molar-refractivity contribution is 6.32. The van der Waals surface area contributed by atoms with Crippen LogP contribution in [-0.2, 0) is 0 Å². The number of rotatable bonds is 6. The molecule has 2 N–H and O–H groups in total. The number of nitrogens with one attached hydrogen (secondary N) is 2. The van der Waals surface area contributed by atoms with Gasteiger partial charge in [-0.05, 0) is 69.3 Å². The molecule has 0 saturated carbocycles. The van der Waals surface area contributed by atoms with Crippen LogP contribution in [0, 0.1) is 0 Å². The molecule has 33 heavy (non-hydrogen) atoms. The van der Waals surface area contributed by atoms with Crippen LogP contribution < -0.4 is 0 Å². The lowest BCUT2D eigenvalue weighted by atomic mass is 9.87. The number of aromatic amines is 2. The Balaban J connectivity index is 1.64. The lowest BCUT2D eigenvalue weighted by Crippen LogP contribution is -1.96. The van der Waals surface area contributed by atoms with Crippen molar-refractivity contribution in [1.82, 2.24) is 30.8 Å². The summed E-state index contributed by atoms with van der Waals surface area (Å²) in [6.07, 6.45) is 6.47. The van der Waals surface area contributed by atoms with Crippen LogP contribution in [0.4, 0.5) is 0 Å². The van der Waals surface area contributed by atoms with Crippen molar-refractivity contribution in [2.24, 2.45) is 0 Å². The van der Waals surface area contributed by atoms with E-state index >= 15 is 0 Å². The van der Waals surface area contributed by atoms with Gasteiger partial charge < -0.3 is 0 Å². The zero-order valence-corrected chi connectivity index (χ0v) is 18.7. The second kappa shape index (κ2) is 9.22. The van der Waals surface area contributed by atoms with Crippen molar-refractivity contribution >= 4 is 45.8 Å². The van der Waals surface area contributed by atoms with Gasteiger partial charge in [0.2, 0.25) is 0 Å². The lowest BCUT2D eigenvalue weighted by Gasteiger charge is -2.17. The molecule has 0 atom stereocenters. The van der Waals surface area contributed by atoms with Crippen molar-refractivity contribution in [2.45, 2.75) is 13.3 Å². The van der Waals surface area contributed by atoms with E-state index in [4.69, 9.17) is 11.6 Å². The summed E-state index contributed by atoms with van der Waals surface area (Å²) in [5.74, 6) is 0.542. The van der Waals surface area contributed by atoms with Crippen LogP contribution in [-0.4, -0.2) is 30.8 Å². The molecule has 0 aliphatic heterocycles. The molecule has 0 spiro atoms. The van der Waals surface area contributed by atoms with Crippen LogP contribution in [0.1, 0.15) is 41.4 Å².